The molecular weight excluding hydrogens is 412 g/mol. The molecule has 0 bridgehead atoms. The minimum atomic E-state index is 0.0755. The smallest absolute Gasteiger partial charge is 0.253 e. The van der Waals surface area contributed by atoms with Crippen molar-refractivity contribution in [1.82, 2.24) is 20.1 Å². The van der Waals surface area contributed by atoms with Crippen molar-refractivity contribution in [3.05, 3.63) is 64.9 Å². The highest BCUT2D eigenvalue weighted by Crippen LogP contribution is 2.25. The van der Waals surface area contributed by atoms with E-state index in [1.54, 1.807) is 30.5 Å². The normalized spacial score (nSPS) is 18.7. The fraction of sp³-hybridized carbons (Fsp3) is 0.458. The van der Waals surface area contributed by atoms with Gasteiger partial charge in [0.15, 0.2) is 0 Å². The molecule has 6 nitrogen and oxygen atoms in total. The van der Waals surface area contributed by atoms with Crippen molar-refractivity contribution in [3.63, 3.8) is 0 Å². The van der Waals surface area contributed by atoms with Crippen molar-refractivity contribution < 1.29 is 9.59 Å². The first-order chi connectivity index (χ1) is 15.1. The lowest BCUT2D eigenvalue weighted by Gasteiger charge is -2.41. The summed E-state index contributed by atoms with van der Waals surface area (Å²) in [4.78, 5) is 33.9. The van der Waals surface area contributed by atoms with Crippen LogP contribution in [0.15, 0.2) is 48.7 Å². The molecule has 0 saturated carbocycles. The maximum Gasteiger partial charge on any atom is 0.253 e. The highest BCUT2D eigenvalue weighted by Gasteiger charge is 2.31. The number of halogens is 1. The fourth-order valence-electron chi connectivity index (χ4n) is 4.56. The zero-order valence-corrected chi connectivity index (χ0v) is 18.4. The Hall–Kier alpha value is -2.44. The monoisotopic (exact) mass is 440 g/mol. The molecule has 1 aromatic carbocycles. The number of rotatable bonds is 5. The van der Waals surface area contributed by atoms with E-state index in [2.05, 4.69) is 15.2 Å². The Labute approximate surface area is 188 Å². The molecule has 1 N–H and O–H groups in total. The van der Waals surface area contributed by atoms with Gasteiger partial charge in [0.1, 0.15) is 0 Å². The molecule has 2 fully saturated rings. The van der Waals surface area contributed by atoms with Gasteiger partial charge in [-0.3, -0.25) is 14.6 Å². The average molecular weight is 441 g/mol. The Balaban J connectivity index is 1.20. The van der Waals surface area contributed by atoms with E-state index in [-0.39, 0.29) is 17.7 Å². The standard InChI is InChI=1S/C24H29ClN4O2/c25-20-6-4-19(5-7-20)24(31)29-15-10-22(11-16-29)28-13-8-18(9-14-28)23(30)27-17-21-3-1-2-12-26-21/h1-7,12,18,22H,8-11,13-17H2,(H,27,30). The van der Waals surface area contributed by atoms with Gasteiger partial charge in [-0.2, -0.15) is 0 Å². The summed E-state index contributed by atoms with van der Waals surface area (Å²) in [5.74, 6) is 0.290. The maximum atomic E-state index is 12.7. The third kappa shape index (κ3) is 5.63. The van der Waals surface area contributed by atoms with E-state index in [1.165, 1.54) is 0 Å². The summed E-state index contributed by atoms with van der Waals surface area (Å²) in [6, 6.07) is 13.3. The van der Waals surface area contributed by atoms with Crippen LogP contribution in [-0.2, 0) is 11.3 Å². The Kier molecular flexibility index (Phi) is 7.20. The number of carbonyl (C=O) groups excluding carboxylic acids is 2. The molecule has 2 aliphatic heterocycles. The summed E-state index contributed by atoms with van der Waals surface area (Å²) < 4.78 is 0. The van der Waals surface area contributed by atoms with Gasteiger partial charge in [0.25, 0.3) is 5.91 Å². The number of piperidine rings is 2. The number of aromatic nitrogens is 1. The summed E-state index contributed by atoms with van der Waals surface area (Å²) in [5, 5.41) is 3.67. The number of nitrogens with zero attached hydrogens (tertiary/aromatic N) is 3. The molecule has 0 unspecified atom stereocenters. The Morgan fingerprint density at radius 2 is 1.68 bits per heavy atom. The molecule has 0 spiro atoms. The first-order valence-electron chi connectivity index (χ1n) is 11.1. The number of carbonyl (C=O) groups is 2. The van der Waals surface area contributed by atoms with E-state index >= 15 is 0 Å². The summed E-state index contributed by atoms with van der Waals surface area (Å²) >= 11 is 5.92. The zero-order chi connectivity index (χ0) is 21.6. The summed E-state index contributed by atoms with van der Waals surface area (Å²) in [6.07, 6.45) is 5.48. The van der Waals surface area contributed by atoms with Crippen molar-refractivity contribution in [2.75, 3.05) is 26.2 Å². The summed E-state index contributed by atoms with van der Waals surface area (Å²) in [6.45, 7) is 3.92. The van der Waals surface area contributed by atoms with Gasteiger partial charge >= 0.3 is 0 Å². The lowest BCUT2D eigenvalue weighted by Crippen LogP contribution is -2.50. The second-order valence-corrected chi connectivity index (χ2v) is 8.82. The molecule has 4 rings (SSSR count). The summed E-state index contributed by atoms with van der Waals surface area (Å²) in [5.41, 5.74) is 1.58. The first kappa shape index (κ1) is 21.8. The lowest BCUT2D eigenvalue weighted by molar-refractivity contribution is -0.126. The van der Waals surface area contributed by atoms with Gasteiger partial charge in [0, 0.05) is 41.8 Å². The SMILES string of the molecule is O=C(NCc1ccccn1)C1CCN(C2CCN(C(=O)c3ccc(Cl)cc3)CC2)CC1. The van der Waals surface area contributed by atoms with E-state index in [9.17, 15) is 9.59 Å². The number of nitrogens with one attached hydrogen (secondary N) is 1. The minimum absolute atomic E-state index is 0.0755. The second-order valence-electron chi connectivity index (χ2n) is 8.38. The highest BCUT2D eigenvalue weighted by atomic mass is 35.5. The Morgan fingerprint density at radius 1 is 0.968 bits per heavy atom. The molecule has 31 heavy (non-hydrogen) atoms. The molecule has 2 amide bonds. The molecule has 2 saturated heterocycles. The van der Waals surface area contributed by atoms with E-state index in [0.717, 1.165) is 57.6 Å². The van der Waals surface area contributed by atoms with E-state index in [0.29, 0.717) is 23.2 Å². The van der Waals surface area contributed by atoms with Crippen LogP contribution < -0.4 is 5.32 Å². The second kappa shape index (κ2) is 10.2. The molecule has 2 aromatic rings. The van der Waals surface area contributed by atoms with Gasteiger partial charge in [-0.05, 0) is 75.2 Å². The quantitative estimate of drug-likeness (QED) is 0.774. The van der Waals surface area contributed by atoms with Crippen molar-refractivity contribution in [1.29, 1.82) is 0 Å². The molecular formula is C24H29ClN4O2. The molecule has 0 radical (unpaired) electrons. The Morgan fingerprint density at radius 3 is 2.32 bits per heavy atom. The van der Waals surface area contributed by atoms with Crippen LogP contribution in [0, 0.1) is 5.92 Å². The van der Waals surface area contributed by atoms with Crippen LogP contribution in [0.25, 0.3) is 0 Å². The topological polar surface area (TPSA) is 65.5 Å². The molecule has 164 valence electrons. The molecule has 1 aromatic heterocycles. The van der Waals surface area contributed by atoms with Crippen LogP contribution in [0.5, 0.6) is 0 Å². The van der Waals surface area contributed by atoms with E-state index in [4.69, 9.17) is 11.6 Å². The van der Waals surface area contributed by atoms with Crippen molar-refractivity contribution in [2.45, 2.75) is 38.3 Å². The van der Waals surface area contributed by atoms with Crippen LogP contribution >= 0.6 is 11.6 Å². The molecule has 3 heterocycles. The van der Waals surface area contributed by atoms with Gasteiger partial charge in [-0.15, -0.1) is 0 Å². The van der Waals surface area contributed by atoms with Crippen LogP contribution in [0.2, 0.25) is 5.02 Å². The number of hydrogen-bond donors (Lipinski definition) is 1. The fourth-order valence-corrected chi connectivity index (χ4v) is 4.69. The third-order valence-electron chi connectivity index (χ3n) is 6.43. The van der Waals surface area contributed by atoms with Crippen LogP contribution in [0.3, 0.4) is 0 Å². The van der Waals surface area contributed by atoms with Gasteiger partial charge in [0.05, 0.1) is 12.2 Å². The number of benzene rings is 1. The van der Waals surface area contributed by atoms with E-state index < -0.39 is 0 Å². The van der Waals surface area contributed by atoms with Crippen molar-refractivity contribution in [2.24, 2.45) is 5.92 Å². The predicted octanol–water partition coefficient (Wildman–Crippen LogP) is 3.37. The van der Waals surface area contributed by atoms with Crippen LogP contribution in [0.4, 0.5) is 0 Å². The number of likely N-dealkylation sites (tertiary alicyclic amines) is 2. The third-order valence-corrected chi connectivity index (χ3v) is 6.68. The van der Waals surface area contributed by atoms with E-state index in [1.807, 2.05) is 23.1 Å². The Bertz CT molecular complexity index is 874. The van der Waals surface area contributed by atoms with Crippen molar-refractivity contribution in [3.8, 4) is 0 Å². The largest absolute Gasteiger partial charge is 0.350 e. The lowest BCUT2D eigenvalue weighted by atomic mass is 9.92. The van der Waals surface area contributed by atoms with Crippen LogP contribution in [0.1, 0.15) is 41.7 Å². The number of hydrogen-bond acceptors (Lipinski definition) is 4. The van der Waals surface area contributed by atoms with Gasteiger partial charge < -0.3 is 15.1 Å². The highest BCUT2D eigenvalue weighted by molar-refractivity contribution is 6.30. The molecule has 2 aliphatic rings. The first-order valence-corrected chi connectivity index (χ1v) is 11.4. The molecule has 0 aliphatic carbocycles. The van der Waals surface area contributed by atoms with Gasteiger partial charge in [-0.1, -0.05) is 17.7 Å². The predicted molar refractivity (Wildman–Crippen MR) is 121 cm³/mol. The van der Waals surface area contributed by atoms with Crippen molar-refractivity contribution >= 4 is 23.4 Å². The van der Waals surface area contributed by atoms with Gasteiger partial charge in [-0.25, -0.2) is 0 Å². The number of pyridine rings is 1. The zero-order valence-electron chi connectivity index (χ0n) is 17.7. The average Bonchev–Trinajstić information content (AvgIpc) is 2.83. The van der Waals surface area contributed by atoms with Gasteiger partial charge in [0.2, 0.25) is 5.91 Å². The summed E-state index contributed by atoms with van der Waals surface area (Å²) in [7, 11) is 0. The minimum Gasteiger partial charge on any atom is -0.350 e. The number of amides is 2. The molecule has 7 heteroatoms. The molecule has 0 atom stereocenters. The maximum absolute atomic E-state index is 12.7. The van der Waals surface area contributed by atoms with Crippen LogP contribution in [-0.4, -0.2) is 58.8 Å².